The number of nitrogens with zero attached hydrogens (tertiary/aromatic N) is 3. The van der Waals surface area contributed by atoms with Gasteiger partial charge in [0.25, 0.3) is 0 Å². The molecule has 3 rings (SSSR count). The molecular formula is C15H21BrN4O. The number of nitrogens with one attached hydrogen (secondary N) is 1. The highest BCUT2D eigenvalue weighted by Gasteiger charge is 2.32. The Balaban J connectivity index is 1.54. The van der Waals surface area contributed by atoms with Crippen molar-refractivity contribution < 1.29 is 4.79 Å². The van der Waals surface area contributed by atoms with Crippen molar-refractivity contribution in [1.82, 2.24) is 15.2 Å². The van der Waals surface area contributed by atoms with Gasteiger partial charge in [0, 0.05) is 42.8 Å². The van der Waals surface area contributed by atoms with Crippen LogP contribution in [0, 0.1) is 11.8 Å². The first kappa shape index (κ1) is 14.8. The molecule has 0 spiro atoms. The highest BCUT2D eigenvalue weighted by Crippen LogP contribution is 2.21. The summed E-state index contributed by atoms with van der Waals surface area (Å²) in [7, 11) is 0. The van der Waals surface area contributed by atoms with E-state index in [0.29, 0.717) is 11.8 Å². The van der Waals surface area contributed by atoms with Crippen LogP contribution in [0.2, 0.25) is 0 Å². The lowest BCUT2D eigenvalue weighted by molar-refractivity contribution is -0.137. The van der Waals surface area contributed by atoms with Crippen molar-refractivity contribution in [3.8, 4) is 0 Å². The van der Waals surface area contributed by atoms with E-state index < -0.39 is 0 Å². The Bertz CT molecular complexity index is 495. The second-order valence-electron chi connectivity index (χ2n) is 5.85. The summed E-state index contributed by atoms with van der Waals surface area (Å²) < 4.78 is 0.989. The topological polar surface area (TPSA) is 48.5 Å². The molecule has 1 aromatic heterocycles. The van der Waals surface area contributed by atoms with E-state index in [-0.39, 0.29) is 5.92 Å². The quantitative estimate of drug-likeness (QED) is 0.891. The van der Waals surface area contributed by atoms with Crippen LogP contribution in [0.4, 0.5) is 5.82 Å². The fourth-order valence-electron chi connectivity index (χ4n) is 2.87. The van der Waals surface area contributed by atoms with Gasteiger partial charge >= 0.3 is 0 Å². The molecule has 3 heterocycles. The van der Waals surface area contributed by atoms with E-state index in [9.17, 15) is 4.79 Å². The van der Waals surface area contributed by atoms with E-state index in [1.165, 1.54) is 0 Å². The Labute approximate surface area is 133 Å². The van der Waals surface area contributed by atoms with Crippen LogP contribution in [0.15, 0.2) is 22.8 Å². The molecule has 1 N–H and O–H groups in total. The summed E-state index contributed by atoms with van der Waals surface area (Å²) in [6, 6.07) is 4.02. The molecule has 5 nitrogen and oxygen atoms in total. The minimum atomic E-state index is 0.142. The number of amides is 1. The number of halogens is 1. The summed E-state index contributed by atoms with van der Waals surface area (Å²) in [6.45, 7) is 7.33. The van der Waals surface area contributed by atoms with Crippen LogP contribution in [-0.2, 0) is 4.79 Å². The number of carbonyl (C=O) groups excluding carboxylic acids is 1. The van der Waals surface area contributed by atoms with Crippen molar-refractivity contribution in [3.63, 3.8) is 0 Å². The Morgan fingerprint density at radius 2 is 2.05 bits per heavy atom. The van der Waals surface area contributed by atoms with Gasteiger partial charge in [-0.3, -0.25) is 4.79 Å². The van der Waals surface area contributed by atoms with Gasteiger partial charge in [-0.05, 0) is 47.1 Å². The predicted octanol–water partition coefficient (Wildman–Crippen LogP) is 1.35. The molecule has 6 heteroatoms. The molecule has 0 bridgehead atoms. The minimum Gasteiger partial charge on any atom is -0.353 e. The van der Waals surface area contributed by atoms with E-state index in [4.69, 9.17) is 0 Å². The molecule has 1 amide bonds. The lowest BCUT2D eigenvalue weighted by Gasteiger charge is -2.39. The molecule has 1 aromatic rings. The molecule has 1 unspecified atom stereocenters. The monoisotopic (exact) mass is 352 g/mol. The Hall–Kier alpha value is -1.14. The number of anilines is 1. The SMILES string of the molecule is CC(C(=O)N1CCN(c2ccc(Br)cn2)CC1)C1CNC1. The van der Waals surface area contributed by atoms with Crippen LogP contribution in [-0.4, -0.2) is 55.1 Å². The molecule has 21 heavy (non-hydrogen) atoms. The molecule has 0 saturated carbocycles. The van der Waals surface area contributed by atoms with Crippen molar-refractivity contribution >= 4 is 27.7 Å². The van der Waals surface area contributed by atoms with Crippen molar-refractivity contribution in [3.05, 3.63) is 22.8 Å². The molecule has 2 aliphatic rings. The van der Waals surface area contributed by atoms with Crippen LogP contribution >= 0.6 is 15.9 Å². The molecule has 0 aromatic carbocycles. The molecule has 0 radical (unpaired) electrons. The first-order chi connectivity index (χ1) is 10.1. The number of carbonyl (C=O) groups is 1. The largest absolute Gasteiger partial charge is 0.353 e. The van der Waals surface area contributed by atoms with E-state index in [2.05, 4.69) is 38.1 Å². The zero-order valence-corrected chi connectivity index (χ0v) is 13.8. The maximum Gasteiger partial charge on any atom is 0.225 e. The summed E-state index contributed by atoms with van der Waals surface area (Å²) in [5.74, 6) is 1.96. The molecule has 2 fully saturated rings. The molecule has 2 saturated heterocycles. The third-order valence-electron chi connectivity index (χ3n) is 4.54. The summed E-state index contributed by atoms with van der Waals surface area (Å²) in [5, 5.41) is 3.24. The smallest absolute Gasteiger partial charge is 0.225 e. The second-order valence-corrected chi connectivity index (χ2v) is 6.77. The molecular weight excluding hydrogens is 332 g/mol. The van der Waals surface area contributed by atoms with Gasteiger partial charge in [0.1, 0.15) is 5.82 Å². The van der Waals surface area contributed by atoms with Gasteiger partial charge in [-0.2, -0.15) is 0 Å². The van der Waals surface area contributed by atoms with Crippen molar-refractivity contribution in [2.75, 3.05) is 44.2 Å². The number of pyridine rings is 1. The second kappa shape index (κ2) is 6.32. The molecule has 114 valence electrons. The Morgan fingerprint density at radius 3 is 2.57 bits per heavy atom. The summed E-state index contributed by atoms with van der Waals surface area (Å²) >= 11 is 3.40. The Morgan fingerprint density at radius 1 is 1.33 bits per heavy atom. The van der Waals surface area contributed by atoms with Gasteiger partial charge in [-0.1, -0.05) is 6.92 Å². The number of piperazine rings is 1. The average molecular weight is 353 g/mol. The molecule has 1 atom stereocenters. The summed E-state index contributed by atoms with van der Waals surface area (Å²) in [4.78, 5) is 21.2. The van der Waals surface area contributed by atoms with Crippen molar-refractivity contribution in [1.29, 1.82) is 0 Å². The first-order valence-corrected chi connectivity index (χ1v) is 8.30. The lowest BCUT2D eigenvalue weighted by atomic mass is 9.88. The van der Waals surface area contributed by atoms with Crippen LogP contribution in [0.3, 0.4) is 0 Å². The Kier molecular flexibility index (Phi) is 4.45. The lowest BCUT2D eigenvalue weighted by Crippen LogP contribution is -2.54. The van der Waals surface area contributed by atoms with E-state index >= 15 is 0 Å². The average Bonchev–Trinajstić information content (AvgIpc) is 2.46. The normalized spacial score (nSPS) is 21.0. The number of hydrogen-bond acceptors (Lipinski definition) is 4. The third kappa shape index (κ3) is 3.21. The van der Waals surface area contributed by atoms with Crippen LogP contribution in [0.25, 0.3) is 0 Å². The highest BCUT2D eigenvalue weighted by atomic mass is 79.9. The van der Waals surface area contributed by atoms with Crippen LogP contribution in [0.5, 0.6) is 0 Å². The van der Waals surface area contributed by atoms with Gasteiger partial charge in [0.2, 0.25) is 5.91 Å². The maximum atomic E-state index is 12.5. The number of hydrogen-bond donors (Lipinski definition) is 1. The van der Waals surface area contributed by atoms with Crippen LogP contribution in [0.1, 0.15) is 6.92 Å². The van der Waals surface area contributed by atoms with Crippen molar-refractivity contribution in [2.45, 2.75) is 6.92 Å². The van der Waals surface area contributed by atoms with Crippen molar-refractivity contribution in [2.24, 2.45) is 11.8 Å². The maximum absolute atomic E-state index is 12.5. The number of rotatable bonds is 3. The summed E-state index contributed by atoms with van der Waals surface area (Å²) in [6.07, 6.45) is 1.82. The van der Waals surface area contributed by atoms with Gasteiger partial charge in [0.15, 0.2) is 0 Å². The van der Waals surface area contributed by atoms with E-state index in [1.807, 2.05) is 23.2 Å². The van der Waals surface area contributed by atoms with Gasteiger partial charge in [0.05, 0.1) is 0 Å². The van der Waals surface area contributed by atoms with Gasteiger partial charge in [-0.15, -0.1) is 0 Å². The zero-order valence-electron chi connectivity index (χ0n) is 12.3. The fourth-order valence-corrected chi connectivity index (χ4v) is 3.10. The van der Waals surface area contributed by atoms with Gasteiger partial charge < -0.3 is 15.1 Å². The van der Waals surface area contributed by atoms with Gasteiger partial charge in [-0.25, -0.2) is 4.98 Å². The number of aromatic nitrogens is 1. The highest BCUT2D eigenvalue weighted by molar-refractivity contribution is 9.10. The van der Waals surface area contributed by atoms with E-state index in [0.717, 1.165) is 49.6 Å². The van der Waals surface area contributed by atoms with E-state index in [1.54, 1.807) is 0 Å². The zero-order chi connectivity index (χ0) is 14.8. The minimum absolute atomic E-state index is 0.142. The molecule has 2 aliphatic heterocycles. The standard InChI is InChI=1S/C15H21BrN4O/c1-11(12-8-17-9-12)15(21)20-6-4-19(5-7-20)14-3-2-13(16)10-18-14/h2-3,10-12,17H,4-9H2,1H3. The summed E-state index contributed by atoms with van der Waals surface area (Å²) in [5.41, 5.74) is 0. The first-order valence-electron chi connectivity index (χ1n) is 7.51. The third-order valence-corrected chi connectivity index (χ3v) is 5.01. The van der Waals surface area contributed by atoms with Crippen LogP contribution < -0.4 is 10.2 Å². The molecule has 0 aliphatic carbocycles. The fraction of sp³-hybridized carbons (Fsp3) is 0.600. The predicted molar refractivity (Wildman–Crippen MR) is 86.3 cm³/mol.